The topological polar surface area (TPSA) is 64.6 Å². The first-order valence-corrected chi connectivity index (χ1v) is 6.94. The van der Waals surface area contributed by atoms with Crippen molar-refractivity contribution in [2.45, 2.75) is 6.92 Å². The van der Waals surface area contributed by atoms with Gasteiger partial charge in [0, 0.05) is 5.69 Å². The Morgan fingerprint density at radius 1 is 1.00 bits per heavy atom. The quantitative estimate of drug-likeness (QED) is 0.833. The first kappa shape index (κ1) is 15.6. The average Bonchev–Trinajstić information content (AvgIpc) is 2.54. The highest BCUT2D eigenvalue weighted by Gasteiger charge is 2.14. The van der Waals surface area contributed by atoms with Crippen LogP contribution in [-0.2, 0) is 9.53 Å². The monoisotopic (exact) mass is 299 g/mol. The van der Waals surface area contributed by atoms with E-state index in [9.17, 15) is 9.59 Å². The number of carbonyl (C=O) groups is 2. The molecule has 2 aromatic carbocycles. The van der Waals surface area contributed by atoms with Gasteiger partial charge in [-0.2, -0.15) is 0 Å². The Morgan fingerprint density at radius 2 is 1.68 bits per heavy atom. The minimum Gasteiger partial charge on any atom is -0.483 e. The molecule has 0 heterocycles. The third-order valence-corrected chi connectivity index (χ3v) is 2.80. The lowest BCUT2D eigenvalue weighted by molar-refractivity contribution is -0.118. The summed E-state index contributed by atoms with van der Waals surface area (Å²) in [6, 6.07) is 15.7. The van der Waals surface area contributed by atoms with Crippen molar-refractivity contribution in [1.82, 2.24) is 0 Å². The van der Waals surface area contributed by atoms with Gasteiger partial charge in [0.05, 0.1) is 6.61 Å². The van der Waals surface area contributed by atoms with E-state index in [1.54, 1.807) is 43.3 Å². The molecule has 0 saturated carbocycles. The highest BCUT2D eigenvalue weighted by Crippen LogP contribution is 2.19. The number of hydrogen-bond donors (Lipinski definition) is 1. The third-order valence-electron chi connectivity index (χ3n) is 2.80. The van der Waals surface area contributed by atoms with E-state index in [0.29, 0.717) is 17.0 Å². The van der Waals surface area contributed by atoms with Crippen LogP contribution < -0.4 is 10.1 Å². The number of anilines is 1. The Bertz CT molecular complexity index is 640. The second-order valence-electron chi connectivity index (χ2n) is 4.42. The molecule has 22 heavy (non-hydrogen) atoms. The predicted molar refractivity (Wildman–Crippen MR) is 83.0 cm³/mol. The molecule has 0 bridgehead atoms. The van der Waals surface area contributed by atoms with Gasteiger partial charge in [-0.3, -0.25) is 4.79 Å². The standard InChI is InChI=1S/C17H17NO4/c1-2-21-17(20)14-10-6-7-11-15(14)22-12-16(19)18-13-8-4-3-5-9-13/h3-11H,2,12H2,1H3,(H,18,19). The lowest BCUT2D eigenvalue weighted by Crippen LogP contribution is -2.21. The predicted octanol–water partition coefficient (Wildman–Crippen LogP) is 2.88. The van der Waals surface area contributed by atoms with Gasteiger partial charge in [0.2, 0.25) is 0 Å². The van der Waals surface area contributed by atoms with Crippen LogP contribution in [0.3, 0.4) is 0 Å². The van der Waals surface area contributed by atoms with Crippen molar-refractivity contribution in [2.75, 3.05) is 18.5 Å². The summed E-state index contributed by atoms with van der Waals surface area (Å²) in [5, 5.41) is 2.71. The van der Waals surface area contributed by atoms with Crippen LogP contribution in [0.25, 0.3) is 0 Å². The van der Waals surface area contributed by atoms with Crippen LogP contribution in [-0.4, -0.2) is 25.1 Å². The van der Waals surface area contributed by atoms with Crippen LogP contribution in [0.2, 0.25) is 0 Å². The maximum atomic E-state index is 11.8. The van der Waals surface area contributed by atoms with Crippen molar-refractivity contribution < 1.29 is 19.1 Å². The van der Waals surface area contributed by atoms with Crippen LogP contribution in [0.4, 0.5) is 5.69 Å². The molecule has 0 unspecified atom stereocenters. The second kappa shape index (κ2) is 7.83. The summed E-state index contributed by atoms with van der Waals surface area (Å²) in [5.74, 6) is -0.449. The molecule has 0 fully saturated rings. The number of benzene rings is 2. The molecule has 5 nitrogen and oxygen atoms in total. The van der Waals surface area contributed by atoms with E-state index in [1.165, 1.54) is 0 Å². The highest BCUT2D eigenvalue weighted by molar-refractivity contribution is 5.94. The van der Waals surface area contributed by atoms with Crippen LogP contribution in [0.1, 0.15) is 17.3 Å². The fourth-order valence-electron chi connectivity index (χ4n) is 1.83. The van der Waals surface area contributed by atoms with E-state index in [2.05, 4.69) is 5.32 Å². The molecule has 114 valence electrons. The number of ether oxygens (including phenoxy) is 2. The molecule has 0 aliphatic carbocycles. The summed E-state index contributed by atoms with van der Waals surface area (Å²) in [7, 11) is 0. The SMILES string of the molecule is CCOC(=O)c1ccccc1OCC(=O)Nc1ccccc1. The normalized spacial score (nSPS) is 9.86. The molecule has 2 rings (SSSR count). The highest BCUT2D eigenvalue weighted by atomic mass is 16.5. The number of para-hydroxylation sites is 2. The summed E-state index contributed by atoms with van der Waals surface area (Å²) >= 11 is 0. The molecule has 0 aliphatic heterocycles. The van der Waals surface area contributed by atoms with Crippen molar-refractivity contribution in [3.8, 4) is 5.75 Å². The van der Waals surface area contributed by atoms with Crippen LogP contribution in [0.15, 0.2) is 54.6 Å². The zero-order chi connectivity index (χ0) is 15.8. The number of amides is 1. The Labute approximate surface area is 128 Å². The van der Waals surface area contributed by atoms with Gasteiger partial charge in [0.1, 0.15) is 11.3 Å². The van der Waals surface area contributed by atoms with Gasteiger partial charge >= 0.3 is 5.97 Å². The van der Waals surface area contributed by atoms with Gasteiger partial charge < -0.3 is 14.8 Å². The molecule has 0 radical (unpaired) electrons. The Balaban J connectivity index is 1.97. The van der Waals surface area contributed by atoms with Crippen molar-refractivity contribution >= 4 is 17.6 Å². The third kappa shape index (κ3) is 4.34. The lowest BCUT2D eigenvalue weighted by Gasteiger charge is -2.11. The molecule has 2 aromatic rings. The molecule has 0 saturated heterocycles. The smallest absolute Gasteiger partial charge is 0.341 e. The summed E-state index contributed by atoms with van der Waals surface area (Å²) in [6.07, 6.45) is 0. The Kier molecular flexibility index (Phi) is 5.54. The van der Waals surface area contributed by atoms with E-state index < -0.39 is 5.97 Å². The summed E-state index contributed by atoms with van der Waals surface area (Å²) in [4.78, 5) is 23.6. The molecule has 5 heteroatoms. The number of nitrogens with one attached hydrogen (secondary N) is 1. The molecule has 0 spiro atoms. The minimum absolute atomic E-state index is 0.189. The number of rotatable bonds is 6. The van der Waals surface area contributed by atoms with Crippen molar-refractivity contribution in [3.63, 3.8) is 0 Å². The molecule has 1 amide bonds. The summed E-state index contributed by atoms with van der Waals surface area (Å²) in [6.45, 7) is 1.82. The van der Waals surface area contributed by atoms with Gasteiger partial charge in [-0.15, -0.1) is 0 Å². The van der Waals surface area contributed by atoms with Crippen LogP contribution >= 0.6 is 0 Å². The fraction of sp³-hybridized carbons (Fsp3) is 0.176. The van der Waals surface area contributed by atoms with E-state index in [0.717, 1.165) is 0 Å². The number of esters is 1. The molecule has 0 aliphatic rings. The first-order valence-electron chi connectivity index (χ1n) is 6.94. The second-order valence-corrected chi connectivity index (χ2v) is 4.42. The van der Waals surface area contributed by atoms with Gasteiger partial charge in [-0.1, -0.05) is 30.3 Å². The van der Waals surface area contributed by atoms with E-state index in [4.69, 9.17) is 9.47 Å². The van der Waals surface area contributed by atoms with Gasteiger partial charge in [-0.25, -0.2) is 4.79 Å². The maximum absolute atomic E-state index is 11.8. The number of carbonyl (C=O) groups excluding carboxylic acids is 2. The van der Waals surface area contributed by atoms with Gasteiger partial charge in [0.25, 0.3) is 5.91 Å². The number of hydrogen-bond acceptors (Lipinski definition) is 4. The first-order chi connectivity index (χ1) is 10.7. The fourth-order valence-corrected chi connectivity index (χ4v) is 1.83. The molecule has 0 atom stereocenters. The molecular weight excluding hydrogens is 282 g/mol. The molecule has 0 aromatic heterocycles. The summed E-state index contributed by atoms with van der Waals surface area (Å²) in [5.41, 5.74) is 0.992. The van der Waals surface area contributed by atoms with Crippen molar-refractivity contribution in [3.05, 3.63) is 60.2 Å². The summed E-state index contributed by atoms with van der Waals surface area (Å²) < 4.78 is 10.4. The van der Waals surface area contributed by atoms with E-state index in [-0.39, 0.29) is 19.1 Å². The van der Waals surface area contributed by atoms with Crippen molar-refractivity contribution in [1.29, 1.82) is 0 Å². The molecular formula is C17H17NO4. The van der Waals surface area contributed by atoms with Gasteiger partial charge in [-0.05, 0) is 31.2 Å². The van der Waals surface area contributed by atoms with E-state index in [1.807, 2.05) is 18.2 Å². The maximum Gasteiger partial charge on any atom is 0.341 e. The zero-order valence-corrected chi connectivity index (χ0v) is 12.2. The Hall–Kier alpha value is -2.82. The molecule has 1 N–H and O–H groups in total. The van der Waals surface area contributed by atoms with Crippen LogP contribution in [0, 0.1) is 0 Å². The largest absolute Gasteiger partial charge is 0.483 e. The lowest BCUT2D eigenvalue weighted by atomic mass is 10.2. The minimum atomic E-state index is -0.471. The van der Waals surface area contributed by atoms with Crippen molar-refractivity contribution in [2.24, 2.45) is 0 Å². The van der Waals surface area contributed by atoms with Gasteiger partial charge in [0.15, 0.2) is 6.61 Å². The zero-order valence-electron chi connectivity index (χ0n) is 12.2. The van der Waals surface area contributed by atoms with E-state index >= 15 is 0 Å². The Morgan fingerprint density at radius 3 is 2.41 bits per heavy atom. The average molecular weight is 299 g/mol. The van der Waals surface area contributed by atoms with Crippen LogP contribution in [0.5, 0.6) is 5.75 Å².